The SMILES string of the molecule is CC(C)Sc1nc(NN)nc(N(C)C)n1. The van der Waals surface area contributed by atoms with Crippen LogP contribution in [0.3, 0.4) is 0 Å². The molecule has 0 aliphatic rings. The van der Waals surface area contributed by atoms with Gasteiger partial charge in [-0.05, 0) is 0 Å². The summed E-state index contributed by atoms with van der Waals surface area (Å²) in [6.07, 6.45) is 0. The molecule has 0 saturated carbocycles. The third-order valence-electron chi connectivity index (χ3n) is 1.47. The Hall–Kier alpha value is -1.08. The number of nitrogens with zero attached hydrogens (tertiary/aromatic N) is 4. The van der Waals surface area contributed by atoms with Crippen LogP contribution in [0.2, 0.25) is 0 Å². The van der Waals surface area contributed by atoms with Gasteiger partial charge in [-0.3, -0.25) is 5.43 Å². The Bertz CT molecular complexity index is 327. The molecule has 0 atom stereocenters. The minimum absolute atomic E-state index is 0.386. The van der Waals surface area contributed by atoms with Crippen molar-refractivity contribution in [2.45, 2.75) is 24.3 Å². The van der Waals surface area contributed by atoms with E-state index in [4.69, 9.17) is 5.84 Å². The number of nitrogen functional groups attached to an aromatic ring is 1. The fourth-order valence-corrected chi connectivity index (χ4v) is 1.57. The Balaban J connectivity index is 3.00. The molecule has 0 spiro atoms. The molecule has 0 bridgehead atoms. The molecular formula is C8H16N6S. The Morgan fingerprint density at radius 1 is 1.27 bits per heavy atom. The van der Waals surface area contributed by atoms with Gasteiger partial charge in [0.1, 0.15) is 0 Å². The van der Waals surface area contributed by atoms with Crippen LogP contribution in [0, 0.1) is 0 Å². The highest BCUT2D eigenvalue weighted by atomic mass is 32.2. The highest BCUT2D eigenvalue weighted by Gasteiger charge is 2.08. The lowest BCUT2D eigenvalue weighted by molar-refractivity contribution is 0.862. The van der Waals surface area contributed by atoms with Crippen molar-refractivity contribution in [2.24, 2.45) is 5.84 Å². The first-order valence-corrected chi connectivity index (χ1v) is 5.47. The van der Waals surface area contributed by atoms with Gasteiger partial charge in [-0.1, -0.05) is 25.6 Å². The van der Waals surface area contributed by atoms with Gasteiger partial charge in [0, 0.05) is 19.3 Å². The van der Waals surface area contributed by atoms with Crippen LogP contribution in [0.5, 0.6) is 0 Å². The van der Waals surface area contributed by atoms with E-state index in [1.54, 1.807) is 11.8 Å². The van der Waals surface area contributed by atoms with E-state index in [0.29, 0.717) is 22.3 Å². The first-order chi connectivity index (χ1) is 7.02. The van der Waals surface area contributed by atoms with E-state index in [1.165, 1.54) is 0 Å². The van der Waals surface area contributed by atoms with Crippen LogP contribution in [0.1, 0.15) is 13.8 Å². The average molecular weight is 228 g/mol. The normalized spacial score (nSPS) is 10.5. The Labute approximate surface area is 93.7 Å². The number of hydrazine groups is 1. The second-order valence-corrected chi connectivity index (χ2v) is 4.99. The maximum atomic E-state index is 5.29. The lowest BCUT2D eigenvalue weighted by Crippen LogP contribution is -2.18. The molecule has 0 radical (unpaired) electrons. The van der Waals surface area contributed by atoms with Crippen molar-refractivity contribution >= 4 is 23.7 Å². The van der Waals surface area contributed by atoms with Crippen LogP contribution in [0.15, 0.2) is 5.16 Å². The summed E-state index contributed by atoms with van der Waals surface area (Å²) in [6.45, 7) is 4.17. The van der Waals surface area contributed by atoms with Crippen LogP contribution in [0.4, 0.5) is 11.9 Å². The van der Waals surface area contributed by atoms with Crippen molar-refractivity contribution in [3.63, 3.8) is 0 Å². The van der Waals surface area contributed by atoms with Gasteiger partial charge in [0.2, 0.25) is 11.9 Å². The van der Waals surface area contributed by atoms with Gasteiger partial charge in [-0.25, -0.2) is 5.84 Å². The molecule has 0 saturated heterocycles. The molecule has 6 nitrogen and oxygen atoms in total. The molecule has 1 aromatic rings. The first kappa shape index (κ1) is 12.0. The second-order valence-electron chi connectivity index (χ2n) is 3.45. The zero-order valence-corrected chi connectivity index (χ0v) is 10.2. The van der Waals surface area contributed by atoms with Gasteiger partial charge >= 0.3 is 0 Å². The van der Waals surface area contributed by atoms with Crippen molar-refractivity contribution in [1.82, 2.24) is 15.0 Å². The molecule has 1 aromatic heterocycles. The maximum Gasteiger partial charge on any atom is 0.242 e. The molecule has 84 valence electrons. The minimum Gasteiger partial charge on any atom is -0.347 e. The number of hydrogen-bond acceptors (Lipinski definition) is 7. The summed E-state index contributed by atoms with van der Waals surface area (Å²) in [4.78, 5) is 14.4. The van der Waals surface area contributed by atoms with Crippen LogP contribution in [-0.2, 0) is 0 Å². The van der Waals surface area contributed by atoms with Crippen LogP contribution in [0.25, 0.3) is 0 Å². The topological polar surface area (TPSA) is 80.0 Å². The van der Waals surface area contributed by atoms with Crippen molar-refractivity contribution in [1.29, 1.82) is 0 Å². The molecule has 0 aromatic carbocycles. The highest BCUT2D eigenvalue weighted by Crippen LogP contribution is 2.21. The number of nitrogens with two attached hydrogens (primary N) is 1. The van der Waals surface area contributed by atoms with E-state index < -0.39 is 0 Å². The third-order valence-corrected chi connectivity index (χ3v) is 2.34. The van der Waals surface area contributed by atoms with E-state index in [2.05, 4.69) is 34.2 Å². The fourth-order valence-electron chi connectivity index (χ4n) is 0.874. The summed E-state index contributed by atoms with van der Waals surface area (Å²) in [5.74, 6) is 6.27. The predicted octanol–water partition coefficient (Wildman–Crippen LogP) is 0.724. The quantitative estimate of drug-likeness (QED) is 0.446. The Morgan fingerprint density at radius 3 is 2.40 bits per heavy atom. The highest BCUT2D eigenvalue weighted by molar-refractivity contribution is 7.99. The predicted molar refractivity (Wildman–Crippen MR) is 63.0 cm³/mol. The summed E-state index contributed by atoms with van der Waals surface area (Å²) in [6, 6.07) is 0. The number of aromatic nitrogens is 3. The third kappa shape index (κ3) is 3.52. The largest absolute Gasteiger partial charge is 0.347 e. The summed E-state index contributed by atoms with van der Waals surface area (Å²) in [7, 11) is 3.75. The maximum absolute atomic E-state index is 5.29. The summed E-state index contributed by atoms with van der Waals surface area (Å²) in [5, 5.41) is 1.10. The average Bonchev–Trinajstić information content (AvgIpc) is 2.16. The molecule has 7 heteroatoms. The van der Waals surface area contributed by atoms with E-state index >= 15 is 0 Å². The van der Waals surface area contributed by atoms with Crippen LogP contribution in [-0.4, -0.2) is 34.3 Å². The summed E-state index contributed by atoms with van der Waals surface area (Å²) < 4.78 is 0. The zero-order chi connectivity index (χ0) is 11.4. The van der Waals surface area contributed by atoms with Gasteiger partial charge in [-0.15, -0.1) is 0 Å². The van der Waals surface area contributed by atoms with E-state index in [9.17, 15) is 0 Å². The Morgan fingerprint density at radius 2 is 1.93 bits per heavy atom. The molecular weight excluding hydrogens is 212 g/mol. The van der Waals surface area contributed by atoms with E-state index in [1.807, 2.05) is 19.0 Å². The van der Waals surface area contributed by atoms with Gasteiger partial charge in [-0.2, -0.15) is 15.0 Å². The number of nitrogens with one attached hydrogen (secondary N) is 1. The number of anilines is 2. The minimum atomic E-state index is 0.386. The molecule has 0 unspecified atom stereocenters. The molecule has 15 heavy (non-hydrogen) atoms. The summed E-state index contributed by atoms with van der Waals surface area (Å²) in [5.41, 5.74) is 2.43. The molecule has 1 rings (SSSR count). The van der Waals surface area contributed by atoms with Crippen molar-refractivity contribution in [3.05, 3.63) is 0 Å². The molecule has 0 amide bonds. The lowest BCUT2D eigenvalue weighted by atomic mass is 10.6. The molecule has 0 aliphatic carbocycles. The molecule has 1 heterocycles. The van der Waals surface area contributed by atoms with E-state index in [0.717, 1.165) is 0 Å². The number of hydrogen-bond donors (Lipinski definition) is 2. The number of rotatable bonds is 4. The Kier molecular flexibility index (Phi) is 4.10. The van der Waals surface area contributed by atoms with Crippen molar-refractivity contribution < 1.29 is 0 Å². The van der Waals surface area contributed by atoms with Crippen molar-refractivity contribution in [2.75, 3.05) is 24.4 Å². The monoisotopic (exact) mass is 228 g/mol. The fraction of sp³-hybridized carbons (Fsp3) is 0.625. The second kappa shape index (κ2) is 5.13. The van der Waals surface area contributed by atoms with Crippen molar-refractivity contribution in [3.8, 4) is 0 Å². The van der Waals surface area contributed by atoms with Gasteiger partial charge in [0.05, 0.1) is 0 Å². The standard InChI is InChI=1S/C8H16N6S/c1-5(2)15-8-11-6(13-9)10-7(12-8)14(3)4/h5H,9H2,1-4H3,(H,10,11,12,13). The van der Waals surface area contributed by atoms with Gasteiger partial charge in [0.15, 0.2) is 5.16 Å². The molecule has 0 aliphatic heterocycles. The van der Waals surface area contributed by atoms with Gasteiger partial charge in [0.25, 0.3) is 0 Å². The zero-order valence-electron chi connectivity index (χ0n) is 9.35. The summed E-state index contributed by atoms with van der Waals surface area (Å²) >= 11 is 1.58. The smallest absolute Gasteiger partial charge is 0.242 e. The molecule has 3 N–H and O–H groups in total. The van der Waals surface area contributed by atoms with Crippen LogP contribution >= 0.6 is 11.8 Å². The van der Waals surface area contributed by atoms with E-state index in [-0.39, 0.29) is 0 Å². The first-order valence-electron chi connectivity index (χ1n) is 4.59. The van der Waals surface area contributed by atoms with Gasteiger partial charge < -0.3 is 4.90 Å². The lowest BCUT2D eigenvalue weighted by Gasteiger charge is -2.12. The molecule has 0 fully saturated rings. The van der Waals surface area contributed by atoms with Crippen LogP contribution < -0.4 is 16.2 Å². The number of thioether (sulfide) groups is 1.